The summed E-state index contributed by atoms with van der Waals surface area (Å²) in [5.74, 6) is 0. The van der Waals surface area contributed by atoms with E-state index in [0.717, 1.165) is 0 Å². The number of hydrogen-bond acceptors (Lipinski definition) is 2. The Balaban J connectivity index is 3.03. The summed E-state index contributed by atoms with van der Waals surface area (Å²) in [4.78, 5) is 13.6. The van der Waals surface area contributed by atoms with Gasteiger partial charge in [0.25, 0.3) is 5.56 Å². The van der Waals surface area contributed by atoms with Gasteiger partial charge in [-0.25, -0.2) is 4.52 Å². The fourth-order valence-corrected chi connectivity index (χ4v) is 1.61. The molecule has 0 aliphatic rings. The molecule has 0 radical (unpaired) electrons. The van der Waals surface area contributed by atoms with Crippen molar-refractivity contribution in [2.45, 2.75) is 0 Å². The predicted octanol–water partition coefficient (Wildman–Crippen LogP) is 1.44. The maximum absolute atomic E-state index is 11.3. The van der Waals surface area contributed by atoms with Gasteiger partial charge in [0.05, 0.1) is 4.47 Å². The minimum Gasteiger partial charge on any atom is -0.294 e. The molecular weight excluding hydrogens is 245 g/mol. The second-order valence-corrected chi connectivity index (χ2v) is 3.41. The molecule has 2 rings (SSSR count). The first-order valence-electron chi connectivity index (χ1n) is 3.11. The smallest absolute Gasteiger partial charge is 0.277 e. The highest BCUT2D eigenvalue weighted by atomic mass is 79.9. The predicted molar refractivity (Wildman–Crippen MR) is 48.5 cm³/mol. The van der Waals surface area contributed by atoms with Crippen LogP contribution in [-0.4, -0.2) is 14.6 Å². The van der Waals surface area contributed by atoms with Crippen molar-refractivity contribution in [2.75, 3.05) is 0 Å². The number of halogens is 2. The number of H-pyrrole nitrogens is 1. The standard InChI is InChI=1S/C6H3BrClN3O/c7-3-1-2-11-4(3)5(12)9-6(8)10-11/h1-2H,(H,9,10,12). The van der Waals surface area contributed by atoms with Gasteiger partial charge in [-0.1, -0.05) is 0 Å². The highest BCUT2D eigenvalue weighted by molar-refractivity contribution is 9.10. The van der Waals surface area contributed by atoms with Crippen LogP contribution in [0, 0.1) is 0 Å². The molecule has 0 bridgehead atoms. The molecule has 0 aliphatic carbocycles. The normalized spacial score (nSPS) is 10.8. The van der Waals surface area contributed by atoms with Crippen LogP contribution in [0.4, 0.5) is 0 Å². The molecule has 12 heavy (non-hydrogen) atoms. The zero-order chi connectivity index (χ0) is 8.72. The van der Waals surface area contributed by atoms with Gasteiger partial charge in [0.15, 0.2) is 0 Å². The van der Waals surface area contributed by atoms with Crippen molar-refractivity contribution in [1.82, 2.24) is 14.6 Å². The second kappa shape index (κ2) is 2.60. The summed E-state index contributed by atoms with van der Waals surface area (Å²) in [5, 5.41) is 3.93. The number of aromatic amines is 1. The van der Waals surface area contributed by atoms with Crippen LogP contribution >= 0.6 is 27.5 Å². The van der Waals surface area contributed by atoms with Crippen LogP contribution in [0.15, 0.2) is 21.5 Å². The molecule has 4 nitrogen and oxygen atoms in total. The summed E-state index contributed by atoms with van der Waals surface area (Å²) >= 11 is 8.75. The molecule has 0 saturated carbocycles. The monoisotopic (exact) mass is 247 g/mol. The lowest BCUT2D eigenvalue weighted by atomic mass is 10.5. The summed E-state index contributed by atoms with van der Waals surface area (Å²) in [6, 6.07) is 1.73. The first-order valence-corrected chi connectivity index (χ1v) is 4.28. The topological polar surface area (TPSA) is 50.2 Å². The molecule has 0 aromatic carbocycles. The minimum atomic E-state index is -0.258. The van der Waals surface area contributed by atoms with E-state index >= 15 is 0 Å². The molecular formula is C6H3BrClN3O. The van der Waals surface area contributed by atoms with Crippen molar-refractivity contribution < 1.29 is 0 Å². The quantitative estimate of drug-likeness (QED) is 0.767. The lowest BCUT2D eigenvalue weighted by Crippen LogP contribution is -2.11. The molecule has 0 atom stereocenters. The number of aromatic nitrogens is 3. The fourth-order valence-electron chi connectivity index (χ4n) is 0.967. The number of hydrogen-bond donors (Lipinski definition) is 1. The number of fused-ring (bicyclic) bond motifs is 1. The number of nitrogens with zero attached hydrogens (tertiary/aromatic N) is 2. The van der Waals surface area contributed by atoms with Gasteiger partial charge in [0, 0.05) is 6.20 Å². The molecule has 0 unspecified atom stereocenters. The molecule has 0 aliphatic heterocycles. The van der Waals surface area contributed by atoms with Gasteiger partial charge >= 0.3 is 0 Å². The van der Waals surface area contributed by atoms with Gasteiger partial charge in [-0.2, -0.15) is 0 Å². The first kappa shape index (κ1) is 7.82. The zero-order valence-corrected chi connectivity index (χ0v) is 8.06. The van der Waals surface area contributed by atoms with Crippen LogP contribution in [0.25, 0.3) is 5.52 Å². The van der Waals surface area contributed by atoms with E-state index < -0.39 is 0 Å². The largest absolute Gasteiger partial charge is 0.294 e. The van der Waals surface area contributed by atoms with Crippen LogP contribution < -0.4 is 5.56 Å². The van der Waals surface area contributed by atoms with Crippen molar-refractivity contribution >= 4 is 33.0 Å². The SMILES string of the molecule is O=c1[nH]c(Cl)nn2ccc(Br)c12. The van der Waals surface area contributed by atoms with Crippen LogP contribution in [0.2, 0.25) is 5.28 Å². The highest BCUT2D eigenvalue weighted by Gasteiger charge is 2.05. The molecule has 0 spiro atoms. The molecule has 0 amide bonds. The van der Waals surface area contributed by atoms with E-state index in [1.807, 2.05) is 0 Å². The summed E-state index contributed by atoms with van der Waals surface area (Å²) in [6.45, 7) is 0. The Hall–Kier alpha value is -0.810. The van der Waals surface area contributed by atoms with E-state index in [1.165, 1.54) is 4.52 Å². The van der Waals surface area contributed by atoms with Crippen molar-refractivity contribution in [3.05, 3.63) is 32.4 Å². The van der Waals surface area contributed by atoms with Crippen LogP contribution in [0.5, 0.6) is 0 Å². The first-order chi connectivity index (χ1) is 5.68. The molecule has 0 fully saturated rings. The average molecular weight is 248 g/mol. The summed E-state index contributed by atoms with van der Waals surface area (Å²) < 4.78 is 2.12. The summed E-state index contributed by atoms with van der Waals surface area (Å²) in [6.07, 6.45) is 1.65. The third-order valence-corrected chi connectivity index (χ3v) is 2.25. The van der Waals surface area contributed by atoms with Crippen molar-refractivity contribution in [1.29, 1.82) is 0 Å². The third kappa shape index (κ3) is 1.05. The molecule has 2 aromatic rings. The van der Waals surface area contributed by atoms with E-state index in [4.69, 9.17) is 11.6 Å². The molecule has 0 saturated heterocycles. The van der Waals surface area contributed by atoms with E-state index in [2.05, 4.69) is 26.0 Å². The van der Waals surface area contributed by atoms with Crippen molar-refractivity contribution in [2.24, 2.45) is 0 Å². The Morgan fingerprint density at radius 1 is 1.67 bits per heavy atom. The fraction of sp³-hybridized carbons (Fsp3) is 0. The van der Waals surface area contributed by atoms with Crippen LogP contribution in [0.1, 0.15) is 0 Å². The zero-order valence-electron chi connectivity index (χ0n) is 5.71. The summed E-state index contributed by atoms with van der Waals surface area (Å²) in [5.41, 5.74) is 0.200. The molecule has 1 N–H and O–H groups in total. The van der Waals surface area contributed by atoms with Crippen LogP contribution in [-0.2, 0) is 0 Å². The molecule has 62 valence electrons. The third-order valence-electron chi connectivity index (χ3n) is 1.44. The van der Waals surface area contributed by atoms with E-state index in [9.17, 15) is 4.79 Å². The van der Waals surface area contributed by atoms with Crippen LogP contribution in [0.3, 0.4) is 0 Å². The Morgan fingerprint density at radius 3 is 3.17 bits per heavy atom. The Bertz CT molecular complexity index is 489. The van der Waals surface area contributed by atoms with E-state index in [1.54, 1.807) is 12.3 Å². The van der Waals surface area contributed by atoms with Gasteiger partial charge in [0.1, 0.15) is 5.52 Å². The second-order valence-electron chi connectivity index (χ2n) is 2.20. The average Bonchev–Trinajstić information content (AvgIpc) is 2.31. The Morgan fingerprint density at radius 2 is 2.42 bits per heavy atom. The van der Waals surface area contributed by atoms with Crippen molar-refractivity contribution in [3.63, 3.8) is 0 Å². The summed E-state index contributed by atoms with van der Waals surface area (Å²) in [7, 11) is 0. The molecule has 2 heterocycles. The number of nitrogens with one attached hydrogen (secondary N) is 1. The van der Waals surface area contributed by atoms with Gasteiger partial charge < -0.3 is 0 Å². The van der Waals surface area contributed by atoms with E-state index in [0.29, 0.717) is 9.99 Å². The number of rotatable bonds is 0. The highest BCUT2D eigenvalue weighted by Crippen LogP contribution is 2.14. The van der Waals surface area contributed by atoms with Crippen molar-refractivity contribution in [3.8, 4) is 0 Å². The molecule has 2 aromatic heterocycles. The molecule has 6 heteroatoms. The van der Waals surface area contributed by atoms with Gasteiger partial charge in [0.2, 0.25) is 5.28 Å². The minimum absolute atomic E-state index is 0.0793. The van der Waals surface area contributed by atoms with Gasteiger partial charge in [-0.15, -0.1) is 5.10 Å². The van der Waals surface area contributed by atoms with Gasteiger partial charge in [-0.3, -0.25) is 9.78 Å². The lowest BCUT2D eigenvalue weighted by Gasteiger charge is -1.93. The Labute approximate surface area is 80.3 Å². The lowest BCUT2D eigenvalue weighted by molar-refractivity contribution is 0.889. The Kier molecular flexibility index (Phi) is 1.69. The van der Waals surface area contributed by atoms with Gasteiger partial charge in [-0.05, 0) is 33.6 Å². The van der Waals surface area contributed by atoms with E-state index in [-0.39, 0.29) is 10.8 Å². The maximum Gasteiger partial charge on any atom is 0.277 e. The maximum atomic E-state index is 11.3.